The molecule has 0 fully saturated rings. The lowest BCUT2D eigenvalue weighted by atomic mass is 10.1. The highest BCUT2D eigenvalue weighted by molar-refractivity contribution is 8.00. The number of carbonyl (C=O) groups is 1. The van der Waals surface area contributed by atoms with Crippen molar-refractivity contribution in [2.75, 3.05) is 19.0 Å². The Morgan fingerprint density at radius 2 is 1.80 bits per heavy atom. The number of benzene rings is 3. The van der Waals surface area contributed by atoms with E-state index in [1.807, 2.05) is 103 Å². The molecule has 8 nitrogen and oxygen atoms in total. The summed E-state index contributed by atoms with van der Waals surface area (Å²) in [5, 5.41) is 12.1. The second-order valence-corrected chi connectivity index (χ2v) is 9.98. The van der Waals surface area contributed by atoms with E-state index >= 15 is 0 Å². The van der Waals surface area contributed by atoms with Crippen molar-refractivity contribution in [3.8, 4) is 28.6 Å². The molecule has 0 aliphatic rings. The van der Waals surface area contributed by atoms with Crippen molar-refractivity contribution >= 4 is 23.4 Å². The minimum absolute atomic E-state index is 0.204. The first-order valence-electron chi connectivity index (χ1n) is 12.8. The van der Waals surface area contributed by atoms with Crippen molar-refractivity contribution < 1.29 is 14.3 Å². The fourth-order valence-electron chi connectivity index (χ4n) is 4.24. The van der Waals surface area contributed by atoms with Crippen molar-refractivity contribution in [1.82, 2.24) is 19.7 Å². The third kappa shape index (κ3) is 6.00. The van der Waals surface area contributed by atoms with Crippen molar-refractivity contribution in [3.05, 3.63) is 108 Å². The minimum Gasteiger partial charge on any atom is -0.495 e. The predicted molar refractivity (Wildman–Crippen MR) is 157 cm³/mol. The molecule has 1 N–H and O–H groups in total. The Morgan fingerprint density at radius 1 is 1.00 bits per heavy atom. The molecule has 0 spiro atoms. The van der Waals surface area contributed by atoms with Gasteiger partial charge in [-0.2, -0.15) is 0 Å². The van der Waals surface area contributed by atoms with Gasteiger partial charge in [-0.3, -0.25) is 14.3 Å². The fraction of sp³-hybridized carbons (Fsp3) is 0.161. The van der Waals surface area contributed by atoms with Crippen LogP contribution in [0.3, 0.4) is 0 Å². The number of carbonyl (C=O) groups excluding carboxylic acids is 1. The van der Waals surface area contributed by atoms with Crippen LogP contribution in [0.25, 0.3) is 17.1 Å². The molecule has 0 radical (unpaired) electrons. The molecule has 0 aliphatic carbocycles. The molecule has 5 aromatic rings. The SMILES string of the molecule is CCOc1ccc(-n2c(S[C@@H](C(=O)Nc3cc(C)ccc3OC)c3ccccc3)nnc2-c2cccnc2)cc1. The molecule has 3 aromatic carbocycles. The number of thioether (sulfide) groups is 1. The number of methoxy groups -OCH3 is 1. The smallest absolute Gasteiger partial charge is 0.242 e. The maximum Gasteiger partial charge on any atom is 0.242 e. The zero-order valence-electron chi connectivity index (χ0n) is 22.4. The lowest BCUT2D eigenvalue weighted by Gasteiger charge is -2.19. The average molecular weight is 552 g/mol. The highest BCUT2D eigenvalue weighted by Gasteiger charge is 2.27. The third-order valence-corrected chi connectivity index (χ3v) is 7.33. The van der Waals surface area contributed by atoms with Gasteiger partial charge < -0.3 is 14.8 Å². The summed E-state index contributed by atoms with van der Waals surface area (Å²) in [6, 6.07) is 26.8. The number of nitrogens with zero attached hydrogens (tertiary/aromatic N) is 4. The molecule has 0 aliphatic heterocycles. The summed E-state index contributed by atoms with van der Waals surface area (Å²) in [4.78, 5) is 18.1. The molecule has 0 saturated carbocycles. The van der Waals surface area contributed by atoms with E-state index in [-0.39, 0.29) is 5.91 Å². The van der Waals surface area contributed by atoms with E-state index in [9.17, 15) is 4.79 Å². The topological polar surface area (TPSA) is 91.2 Å². The third-order valence-electron chi connectivity index (χ3n) is 6.14. The number of hydrogen-bond acceptors (Lipinski definition) is 7. The molecule has 0 bridgehead atoms. The number of aromatic nitrogens is 4. The molecule has 202 valence electrons. The van der Waals surface area contributed by atoms with E-state index in [0.717, 1.165) is 28.1 Å². The monoisotopic (exact) mass is 551 g/mol. The van der Waals surface area contributed by atoms with Gasteiger partial charge in [0.25, 0.3) is 0 Å². The van der Waals surface area contributed by atoms with Crippen LogP contribution < -0.4 is 14.8 Å². The molecule has 2 heterocycles. The van der Waals surface area contributed by atoms with Crippen LogP contribution in [0.4, 0.5) is 5.69 Å². The average Bonchev–Trinajstić information content (AvgIpc) is 3.41. The Balaban J connectivity index is 1.56. The number of hydrogen-bond donors (Lipinski definition) is 1. The van der Waals surface area contributed by atoms with E-state index in [1.165, 1.54) is 11.8 Å². The van der Waals surface area contributed by atoms with E-state index in [2.05, 4.69) is 20.5 Å². The first kappa shape index (κ1) is 27.0. The zero-order valence-corrected chi connectivity index (χ0v) is 23.3. The van der Waals surface area contributed by atoms with Gasteiger partial charge in [0.15, 0.2) is 11.0 Å². The summed E-state index contributed by atoms with van der Waals surface area (Å²) in [6.07, 6.45) is 3.46. The van der Waals surface area contributed by atoms with Crippen LogP contribution in [0.2, 0.25) is 0 Å². The molecule has 0 saturated heterocycles. The van der Waals surface area contributed by atoms with Crippen LogP contribution in [0.15, 0.2) is 102 Å². The summed E-state index contributed by atoms with van der Waals surface area (Å²) >= 11 is 1.32. The van der Waals surface area contributed by atoms with Crippen LogP contribution in [0.5, 0.6) is 11.5 Å². The number of aryl methyl sites for hydroxylation is 1. The van der Waals surface area contributed by atoms with Gasteiger partial charge >= 0.3 is 0 Å². The highest BCUT2D eigenvalue weighted by atomic mass is 32.2. The zero-order chi connectivity index (χ0) is 27.9. The quantitative estimate of drug-likeness (QED) is 0.198. The van der Waals surface area contributed by atoms with E-state index in [1.54, 1.807) is 19.5 Å². The maximum atomic E-state index is 13.9. The predicted octanol–water partition coefficient (Wildman–Crippen LogP) is 6.52. The van der Waals surface area contributed by atoms with Gasteiger partial charge in [0.1, 0.15) is 16.7 Å². The van der Waals surface area contributed by atoms with Crippen molar-refractivity contribution in [3.63, 3.8) is 0 Å². The second-order valence-electron chi connectivity index (χ2n) is 8.91. The number of pyridine rings is 1. The summed E-state index contributed by atoms with van der Waals surface area (Å²) in [5.74, 6) is 1.77. The molecule has 2 aromatic heterocycles. The molecular formula is C31H29N5O3S. The minimum atomic E-state index is -0.626. The van der Waals surface area contributed by atoms with Crippen molar-refractivity contribution in [2.45, 2.75) is 24.3 Å². The van der Waals surface area contributed by atoms with Gasteiger partial charge in [-0.1, -0.05) is 48.2 Å². The van der Waals surface area contributed by atoms with Crippen LogP contribution in [0.1, 0.15) is 23.3 Å². The van der Waals surface area contributed by atoms with Gasteiger partial charge in [0.05, 0.1) is 19.4 Å². The standard InChI is InChI=1S/C31H29N5O3S/c1-4-39-25-15-13-24(14-16-25)36-29(23-11-8-18-32-20-23)34-35-31(36)40-28(22-9-6-5-7-10-22)30(37)33-26-19-21(2)12-17-27(26)38-3/h5-20,28H,4H2,1-3H3,(H,33,37)/t28-/m1/s1. The van der Waals surface area contributed by atoms with Crippen LogP contribution in [-0.2, 0) is 4.79 Å². The lowest BCUT2D eigenvalue weighted by molar-refractivity contribution is -0.115. The molecule has 1 amide bonds. The van der Waals surface area contributed by atoms with Gasteiger partial charge in [-0.15, -0.1) is 10.2 Å². The molecule has 40 heavy (non-hydrogen) atoms. The summed E-state index contributed by atoms with van der Waals surface area (Å²) < 4.78 is 13.1. The molecular weight excluding hydrogens is 522 g/mol. The Morgan fingerprint density at radius 3 is 2.50 bits per heavy atom. The first-order chi connectivity index (χ1) is 19.6. The number of nitrogens with one attached hydrogen (secondary N) is 1. The van der Waals surface area contributed by atoms with E-state index in [0.29, 0.717) is 29.0 Å². The van der Waals surface area contributed by atoms with E-state index in [4.69, 9.17) is 9.47 Å². The largest absolute Gasteiger partial charge is 0.495 e. The Bertz CT molecular complexity index is 1570. The normalized spacial score (nSPS) is 11.6. The van der Waals surface area contributed by atoms with Gasteiger partial charge in [0.2, 0.25) is 5.91 Å². The molecule has 5 rings (SSSR count). The molecule has 1 atom stereocenters. The second kappa shape index (κ2) is 12.5. The summed E-state index contributed by atoms with van der Waals surface area (Å²) in [6.45, 7) is 4.50. The molecule has 9 heteroatoms. The maximum absolute atomic E-state index is 13.9. The van der Waals surface area contributed by atoms with Crippen LogP contribution in [-0.4, -0.2) is 39.4 Å². The Labute approximate surface area is 237 Å². The van der Waals surface area contributed by atoms with Gasteiger partial charge in [-0.25, -0.2) is 0 Å². The molecule has 0 unspecified atom stereocenters. The Hall–Kier alpha value is -4.63. The van der Waals surface area contributed by atoms with Gasteiger partial charge in [0, 0.05) is 23.6 Å². The van der Waals surface area contributed by atoms with Crippen molar-refractivity contribution in [2.24, 2.45) is 0 Å². The Kier molecular flexibility index (Phi) is 8.41. The summed E-state index contributed by atoms with van der Waals surface area (Å²) in [7, 11) is 1.59. The number of rotatable bonds is 10. The van der Waals surface area contributed by atoms with E-state index < -0.39 is 5.25 Å². The summed E-state index contributed by atoms with van der Waals surface area (Å²) in [5.41, 5.74) is 4.10. The number of anilines is 1. The van der Waals surface area contributed by atoms with Crippen LogP contribution in [0, 0.1) is 6.92 Å². The lowest BCUT2D eigenvalue weighted by Crippen LogP contribution is -2.20. The van der Waals surface area contributed by atoms with Gasteiger partial charge in [-0.05, 0) is 73.5 Å². The number of ether oxygens (including phenoxy) is 2. The van der Waals surface area contributed by atoms with Crippen LogP contribution >= 0.6 is 11.8 Å². The van der Waals surface area contributed by atoms with Crippen molar-refractivity contribution in [1.29, 1.82) is 0 Å². The number of amides is 1. The first-order valence-corrected chi connectivity index (χ1v) is 13.7. The highest BCUT2D eigenvalue weighted by Crippen LogP contribution is 2.39. The fourth-order valence-corrected chi connectivity index (χ4v) is 5.30.